The SMILES string of the molecule is CCOC(=O)c1[nH]c(C)c(CN(Cc2ccc(C)cc2)C(=O)Nc2cccc(C(F)(F)F)c2)c1C. The minimum atomic E-state index is -4.52. The number of hydrogen-bond acceptors (Lipinski definition) is 3. The van der Waals surface area contributed by atoms with Crippen molar-refractivity contribution in [2.75, 3.05) is 11.9 Å². The first-order chi connectivity index (χ1) is 16.5. The van der Waals surface area contributed by atoms with Crippen LogP contribution in [0.2, 0.25) is 0 Å². The monoisotopic (exact) mass is 487 g/mol. The van der Waals surface area contributed by atoms with Gasteiger partial charge in [-0.05, 0) is 62.6 Å². The molecule has 0 fully saturated rings. The number of nitrogens with zero attached hydrogens (tertiary/aromatic N) is 1. The van der Waals surface area contributed by atoms with Gasteiger partial charge >= 0.3 is 18.2 Å². The maximum atomic E-state index is 13.2. The number of hydrogen-bond donors (Lipinski definition) is 2. The number of esters is 1. The molecule has 1 aromatic heterocycles. The number of urea groups is 1. The first-order valence-corrected chi connectivity index (χ1v) is 11.1. The van der Waals surface area contributed by atoms with Crippen LogP contribution in [0.4, 0.5) is 23.7 Å². The first kappa shape index (κ1) is 25.9. The average molecular weight is 488 g/mol. The summed E-state index contributed by atoms with van der Waals surface area (Å²) < 4.78 is 44.5. The van der Waals surface area contributed by atoms with Crippen molar-refractivity contribution in [1.82, 2.24) is 9.88 Å². The minimum absolute atomic E-state index is 0.0356. The van der Waals surface area contributed by atoms with E-state index in [0.29, 0.717) is 17.0 Å². The van der Waals surface area contributed by atoms with Gasteiger partial charge in [-0.15, -0.1) is 0 Å². The van der Waals surface area contributed by atoms with Gasteiger partial charge in [-0.2, -0.15) is 13.2 Å². The van der Waals surface area contributed by atoms with E-state index in [1.54, 1.807) is 20.8 Å². The Hall–Kier alpha value is -3.75. The van der Waals surface area contributed by atoms with Gasteiger partial charge in [0.2, 0.25) is 0 Å². The fourth-order valence-corrected chi connectivity index (χ4v) is 3.71. The van der Waals surface area contributed by atoms with Gasteiger partial charge in [0, 0.05) is 24.5 Å². The molecule has 0 aliphatic heterocycles. The molecule has 2 amide bonds. The molecule has 2 aromatic carbocycles. The summed E-state index contributed by atoms with van der Waals surface area (Å²) in [6, 6.07) is 11.5. The van der Waals surface area contributed by atoms with Crippen LogP contribution in [0.25, 0.3) is 0 Å². The Morgan fingerprint density at radius 3 is 2.34 bits per heavy atom. The fourth-order valence-electron chi connectivity index (χ4n) is 3.71. The van der Waals surface area contributed by atoms with Crippen molar-refractivity contribution in [3.05, 3.63) is 87.7 Å². The van der Waals surface area contributed by atoms with Crippen LogP contribution in [0.1, 0.15) is 50.9 Å². The quantitative estimate of drug-likeness (QED) is 0.380. The van der Waals surface area contributed by atoms with E-state index < -0.39 is 23.7 Å². The number of aromatic nitrogens is 1. The second-order valence-electron chi connectivity index (χ2n) is 8.30. The zero-order chi connectivity index (χ0) is 25.8. The van der Waals surface area contributed by atoms with Gasteiger partial charge in [-0.25, -0.2) is 9.59 Å². The number of nitrogens with one attached hydrogen (secondary N) is 2. The molecule has 3 aromatic rings. The Morgan fingerprint density at radius 1 is 1.03 bits per heavy atom. The average Bonchev–Trinajstić information content (AvgIpc) is 3.08. The Bertz CT molecular complexity index is 1200. The molecule has 0 saturated carbocycles. The normalized spacial score (nSPS) is 11.3. The Morgan fingerprint density at radius 2 is 1.71 bits per heavy atom. The largest absolute Gasteiger partial charge is 0.461 e. The number of carbonyl (C=O) groups excluding carboxylic acids is 2. The molecule has 35 heavy (non-hydrogen) atoms. The number of anilines is 1. The van der Waals surface area contributed by atoms with E-state index in [0.717, 1.165) is 28.8 Å². The molecule has 9 heteroatoms. The number of amides is 2. The lowest BCUT2D eigenvalue weighted by Gasteiger charge is -2.24. The lowest BCUT2D eigenvalue weighted by molar-refractivity contribution is -0.137. The van der Waals surface area contributed by atoms with E-state index in [9.17, 15) is 22.8 Å². The summed E-state index contributed by atoms with van der Waals surface area (Å²) in [4.78, 5) is 30.1. The highest BCUT2D eigenvalue weighted by Gasteiger charge is 2.30. The third kappa shape index (κ3) is 6.44. The van der Waals surface area contributed by atoms with Crippen LogP contribution in [0.3, 0.4) is 0 Å². The number of aryl methyl sites for hydroxylation is 2. The minimum Gasteiger partial charge on any atom is -0.461 e. The summed E-state index contributed by atoms with van der Waals surface area (Å²) in [6.45, 7) is 7.79. The molecule has 0 spiro atoms. The third-order valence-corrected chi connectivity index (χ3v) is 5.64. The number of rotatable bonds is 7. The van der Waals surface area contributed by atoms with E-state index in [2.05, 4.69) is 10.3 Å². The zero-order valence-corrected chi connectivity index (χ0v) is 20.0. The van der Waals surface area contributed by atoms with Gasteiger partial charge in [-0.1, -0.05) is 35.9 Å². The Labute approximate surface area is 202 Å². The molecule has 6 nitrogen and oxygen atoms in total. The smallest absolute Gasteiger partial charge is 0.416 e. The molecule has 0 atom stereocenters. The first-order valence-electron chi connectivity index (χ1n) is 11.1. The summed E-state index contributed by atoms with van der Waals surface area (Å²) in [7, 11) is 0. The summed E-state index contributed by atoms with van der Waals surface area (Å²) >= 11 is 0. The van der Waals surface area contributed by atoms with E-state index in [4.69, 9.17) is 4.74 Å². The van der Waals surface area contributed by atoms with Gasteiger partial charge in [0.1, 0.15) is 5.69 Å². The lowest BCUT2D eigenvalue weighted by Crippen LogP contribution is -2.34. The molecule has 0 saturated heterocycles. The highest BCUT2D eigenvalue weighted by Crippen LogP contribution is 2.31. The number of halogens is 3. The molecule has 186 valence electrons. The number of alkyl halides is 3. The van der Waals surface area contributed by atoms with Crippen molar-refractivity contribution in [1.29, 1.82) is 0 Å². The van der Waals surface area contributed by atoms with Crippen molar-refractivity contribution in [3.63, 3.8) is 0 Å². The summed E-state index contributed by atoms with van der Waals surface area (Å²) in [5, 5.41) is 2.58. The maximum absolute atomic E-state index is 13.2. The summed E-state index contributed by atoms with van der Waals surface area (Å²) in [6.07, 6.45) is -4.52. The number of aromatic amines is 1. The summed E-state index contributed by atoms with van der Waals surface area (Å²) in [5.74, 6) is -0.488. The molecule has 2 N–H and O–H groups in total. The van der Waals surface area contributed by atoms with Crippen LogP contribution in [-0.4, -0.2) is 28.5 Å². The van der Waals surface area contributed by atoms with Crippen molar-refractivity contribution < 1.29 is 27.5 Å². The molecular weight excluding hydrogens is 459 g/mol. The number of benzene rings is 2. The number of H-pyrrole nitrogens is 1. The summed E-state index contributed by atoms with van der Waals surface area (Å²) in [5.41, 5.74) is 3.50. The number of ether oxygens (including phenoxy) is 1. The van der Waals surface area contributed by atoms with Gasteiger partial charge in [0.25, 0.3) is 0 Å². The molecule has 0 radical (unpaired) electrons. The van der Waals surface area contributed by atoms with Crippen molar-refractivity contribution in [3.8, 4) is 0 Å². The van der Waals surface area contributed by atoms with Gasteiger partial charge in [-0.3, -0.25) is 0 Å². The van der Waals surface area contributed by atoms with Crippen LogP contribution in [0.5, 0.6) is 0 Å². The van der Waals surface area contributed by atoms with E-state index in [-0.39, 0.29) is 25.4 Å². The standard InChI is InChI=1S/C26H28F3N3O3/c1-5-35-24(33)23-17(3)22(18(4)30-23)15-32(14-19-11-9-16(2)10-12-19)25(34)31-21-8-6-7-20(13-21)26(27,28)29/h6-13,30H,5,14-15H2,1-4H3,(H,31,34). The molecule has 0 unspecified atom stereocenters. The molecular formula is C26H28F3N3O3. The second kappa shape index (κ2) is 10.7. The predicted molar refractivity (Wildman–Crippen MR) is 127 cm³/mol. The fraction of sp³-hybridized carbons (Fsp3) is 0.308. The molecule has 0 bridgehead atoms. The highest BCUT2D eigenvalue weighted by molar-refractivity contribution is 5.91. The maximum Gasteiger partial charge on any atom is 0.416 e. The van der Waals surface area contributed by atoms with Gasteiger partial charge < -0.3 is 19.9 Å². The van der Waals surface area contributed by atoms with Crippen molar-refractivity contribution >= 4 is 17.7 Å². The van der Waals surface area contributed by atoms with Crippen LogP contribution in [0.15, 0.2) is 48.5 Å². The van der Waals surface area contributed by atoms with Crippen LogP contribution in [-0.2, 0) is 24.0 Å². The van der Waals surface area contributed by atoms with Gasteiger partial charge in [0.15, 0.2) is 0 Å². The second-order valence-corrected chi connectivity index (χ2v) is 8.30. The van der Waals surface area contributed by atoms with Crippen LogP contribution in [0, 0.1) is 20.8 Å². The van der Waals surface area contributed by atoms with Crippen molar-refractivity contribution in [2.24, 2.45) is 0 Å². The Kier molecular flexibility index (Phi) is 7.89. The molecule has 0 aliphatic rings. The zero-order valence-electron chi connectivity index (χ0n) is 20.0. The van der Waals surface area contributed by atoms with Crippen LogP contribution >= 0.6 is 0 Å². The van der Waals surface area contributed by atoms with E-state index in [1.807, 2.05) is 31.2 Å². The molecule has 0 aliphatic carbocycles. The van der Waals surface area contributed by atoms with Crippen molar-refractivity contribution in [2.45, 2.75) is 47.0 Å². The molecule has 3 rings (SSSR count). The van der Waals surface area contributed by atoms with E-state index in [1.165, 1.54) is 17.0 Å². The third-order valence-electron chi connectivity index (χ3n) is 5.64. The van der Waals surface area contributed by atoms with Crippen LogP contribution < -0.4 is 5.32 Å². The number of carbonyl (C=O) groups is 2. The lowest BCUT2D eigenvalue weighted by atomic mass is 10.1. The highest BCUT2D eigenvalue weighted by atomic mass is 19.4. The Balaban J connectivity index is 1.91. The van der Waals surface area contributed by atoms with E-state index >= 15 is 0 Å². The predicted octanol–water partition coefficient (Wildman–Crippen LogP) is 6.37. The topological polar surface area (TPSA) is 74.4 Å². The molecule has 1 heterocycles. The van der Waals surface area contributed by atoms with Gasteiger partial charge in [0.05, 0.1) is 12.2 Å².